The predicted octanol–water partition coefficient (Wildman–Crippen LogP) is 2.12. The molecule has 1 N–H and O–H groups in total. The van der Waals surface area contributed by atoms with E-state index in [1.54, 1.807) is 7.11 Å². The Morgan fingerprint density at radius 3 is 2.52 bits per heavy atom. The molecule has 1 aromatic carbocycles. The van der Waals surface area contributed by atoms with E-state index < -0.39 is 0 Å². The second-order valence-corrected chi connectivity index (χ2v) is 6.22. The van der Waals surface area contributed by atoms with Crippen molar-refractivity contribution < 1.29 is 9.53 Å². The summed E-state index contributed by atoms with van der Waals surface area (Å²) in [5.74, 6) is 1.69. The Morgan fingerprint density at radius 1 is 1.28 bits per heavy atom. The van der Waals surface area contributed by atoms with E-state index in [1.807, 2.05) is 61.7 Å². The molecule has 25 heavy (non-hydrogen) atoms. The van der Waals surface area contributed by atoms with Crippen molar-refractivity contribution >= 4 is 11.9 Å². The van der Waals surface area contributed by atoms with Gasteiger partial charge >= 0.3 is 0 Å². The normalized spacial score (nSPS) is 11.9. The van der Waals surface area contributed by atoms with E-state index in [9.17, 15) is 4.79 Å². The van der Waals surface area contributed by atoms with Gasteiger partial charge in [-0.3, -0.25) is 9.36 Å². The first kappa shape index (κ1) is 18.8. The van der Waals surface area contributed by atoms with Crippen molar-refractivity contribution in [2.24, 2.45) is 0 Å². The minimum absolute atomic E-state index is 0.0411. The second-order valence-electron chi connectivity index (χ2n) is 6.22. The molecule has 1 heterocycles. The Kier molecular flexibility index (Phi) is 6.38. The second kappa shape index (κ2) is 8.50. The molecule has 0 spiro atoms. The van der Waals surface area contributed by atoms with Crippen LogP contribution in [0.3, 0.4) is 0 Å². The third-order valence-electron chi connectivity index (χ3n) is 4.05. The number of aromatic nitrogens is 3. The molecule has 2 aromatic rings. The smallest absolute Gasteiger partial charge is 0.289 e. The molecule has 136 valence electrons. The molecule has 7 heteroatoms. The van der Waals surface area contributed by atoms with Crippen LogP contribution in [-0.2, 0) is 13.0 Å². The van der Waals surface area contributed by atoms with Crippen molar-refractivity contribution in [2.45, 2.75) is 39.3 Å². The minimum atomic E-state index is -0.190. The standard InChI is InChI=1S/C18H27N5O2/c1-6-23-16(20-21-18(23)22(3)4)17(24)19-13(2)7-8-14-9-11-15(25-5)12-10-14/h9-13H,6-8H2,1-5H3,(H,19,24). The van der Waals surface area contributed by atoms with Gasteiger partial charge in [0.25, 0.3) is 5.91 Å². The number of nitrogens with zero attached hydrogens (tertiary/aromatic N) is 4. The van der Waals surface area contributed by atoms with Crippen LogP contribution in [0.25, 0.3) is 0 Å². The van der Waals surface area contributed by atoms with Gasteiger partial charge in [0.15, 0.2) is 0 Å². The van der Waals surface area contributed by atoms with Crippen molar-refractivity contribution in [3.8, 4) is 5.75 Å². The molecule has 0 aliphatic rings. The van der Waals surface area contributed by atoms with Crippen LogP contribution < -0.4 is 15.0 Å². The molecular weight excluding hydrogens is 318 g/mol. The lowest BCUT2D eigenvalue weighted by Crippen LogP contribution is -2.35. The van der Waals surface area contributed by atoms with E-state index in [1.165, 1.54) is 5.56 Å². The highest BCUT2D eigenvalue weighted by Gasteiger charge is 2.20. The van der Waals surface area contributed by atoms with Crippen LogP contribution in [0.2, 0.25) is 0 Å². The molecular formula is C18H27N5O2. The van der Waals surface area contributed by atoms with Crippen LogP contribution in [0.1, 0.15) is 36.5 Å². The summed E-state index contributed by atoms with van der Waals surface area (Å²) in [6.07, 6.45) is 1.73. The topological polar surface area (TPSA) is 72.3 Å². The molecule has 1 aromatic heterocycles. The Bertz CT molecular complexity index is 694. The number of benzene rings is 1. The third-order valence-corrected chi connectivity index (χ3v) is 4.05. The largest absolute Gasteiger partial charge is 0.497 e. The van der Waals surface area contributed by atoms with Crippen molar-refractivity contribution in [3.63, 3.8) is 0 Å². The summed E-state index contributed by atoms with van der Waals surface area (Å²) in [6.45, 7) is 4.62. The van der Waals surface area contributed by atoms with E-state index >= 15 is 0 Å². The van der Waals surface area contributed by atoms with Gasteiger partial charge < -0.3 is 15.0 Å². The van der Waals surface area contributed by atoms with Gasteiger partial charge in [-0.25, -0.2) is 0 Å². The average molecular weight is 345 g/mol. The fraction of sp³-hybridized carbons (Fsp3) is 0.500. The Balaban J connectivity index is 1.93. The first-order chi connectivity index (χ1) is 12.0. The maximum absolute atomic E-state index is 12.5. The summed E-state index contributed by atoms with van der Waals surface area (Å²) in [7, 11) is 5.42. The number of hydrogen-bond acceptors (Lipinski definition) is 5. The number of aryl methyl sites for hydroxylation is 1. The minimum Gasteiger partial charge on any atom is -0.497 e. The van der Waals surface area contributed by atoms with Gasteiger partial charge in [-0.1, -0.05) is 12.1 Å². The Labute approximate surface area is 149 Å². The molecule has 0 saturated carbocycles. The number of amides is 1. The number of methoxy groups -OCH3 is 1. The van der Waals surface area contributed by atoms with Crippen molar-refractivity contribution in [2.75, 3.05) is 26.1 Å². The summed E-state index contributed by atoms with van der Waals surface area (Å²) in [4.78, 5) is 14.3. The summed E-state index contributed by atoms with van der Waals surface area (Å²) < 4.78 is 6.97. The zero-order chi connectivity index (χ0) is 18.4. The molecule has 0 aliphatic heterocycles. The number of ether oxygens (including phenoxy) is 1. The number of carbonyl (C=O) groups is 1. The van der Waals surface area contributed by atoms with Gasteiger partial charge in [0.2, 0.25) is 11.8 Å². The summed E-state index contributed by atoms with van der Waals surface area (Å²) in [6, 6.07) is 8.03. The molecule has 0 radical (unpaired) electrons. The zero-order valence-corrected chi connectivity index (χ0v) is 15.6. The molecule has 7 nitrogen and oxygen atoms in total. The Morgan fingerprint density at radius 2 is 1.96 bits per heavy atom. The number of nitrogens with one attached hydrogen (secondary N) is 1. The van der Waals surface area contributed by atoms with E-state index in [4.69, 9.17) is 4.74 Å². The first-order valence-corrected chi connectivity index (χ1v) is 8.50. The molecule has 1 amide bonds. The van der Waals surface area contributed by atoms with E-state index in [0.717, 1.165) is 18.6 Å². The van der Waals surface area contributed by atoms with Gasteiger partial charge in [0.05, 0.1) is 7.11 Å². The summed E-state index contributed by atoms with van der Waals surface area (Å²) >= 11 is 0. The lowest BCUT2D eigenvalue weighted by Gasteiger charge is -2.16. The molecule has 0 saturated heterocycles. The van der Waals surface area contributed by atoms with Crippen molar-refractivity contribution in [1.82, 2.24) is 20.1 Å². The van der Waals surface area contributed by atoms with Gasteiger partial charge in [0.1, 0.15) is 5.75 Å². The molecule has 0 aliphatic carbocycles. The molecule has 0 bridgehead atoms. The predicted molar refractivity (Wildman–Crippen MR) is 98.3 cm³/mol. The van der Waals surface area contributed by atoms with Crippen LogP contribution in [-0.4, -0.2) is 47.9 Å². The highest BCUT2D eigenvalue weighted by Crippen LogP contribution is 2.14. The number of carbonyl (C=O) groups excluding carboxylic acids is 1. The quantitative estimate of drug-likeness (QED) is 0.793. The van der Waals surface area contributed by atoms with Crippen LogP contribution in [0.4, 0.5) is 5.95 Å². The monoisotopic (exact) mass is 345 g/mol. The lowest BCUT2D eigenvalue weighted by atomic mass is 10.1. The average Bonchev–Trinajstić information content (AvgIpc) is 3.04. The van der Waals surface area contributed by atoms with Gasteiger partial charge in [0, 0.05) is 26.7 Å². The molecule has 1 unspecified atom stereocenters. The summed E-state index contributed by atoms with van der Waals surface area (Å²) in [5, 5.41) is 11.1. The van der Waals surface area contributed by atoms with Crippen LogP contribution >= 0.6 is 0 Å². The highest BCUT2D eigenvalue weighted by atomic mass is 16.5. The first-order valence-electron chi connectivity index (χ1n) is 8.50. The fourth-order valence-electron chi connectivity index (χ4n) is 2.62. The van der Waals surface area contributed by atoms with Gasteiger partial charge in [-0.15, -0.1) is 10.2 Å². The van der Waals surface area contributed by atoms with Crippen LogP contribution in [0.15, 0.2) is 24.3 Å². The number of hydrogen-bond donors (Lipinski definition) is 1. The van der Waals surface area contributed by atoms with E-state index in [0.29, 0.717) is 18.3 Å². The molecule has 1 atom stereocenters. The lowest BCUT2D eigenvalue weighted by molar-refractivity contribution is 0.0923. The van der Waals surface area contributed by atoms with E-state index in [2.05, 4.69) is 15.5 Å². The van der Waals surface area contributed by atoms with Gasteiger partial charge in [-0.05, 0) is 44.4 Å². The number of rotatable bonds is 8. The van der Waals surface area contributed by atoms with Crippen molar-refractivity contribution in [1.29, 1.82) is 0 Å². The van der Waals surface area contributed by atoms with Crippen molar-refractivity contribution in [3.05, 3.63) is 35.7 Å². The summed E-state index contributed by atoms with van der Waals surface area (Å²) in [5.41, 5.74) is 1.22. The van der Waals surface area contributed by atoms with Gasteiger partial charge in [-0.2, -0.15) is 0 Å². The fourth-order valence-corrected chi connectivity index (χ4v) is 2.62. The SMILES string of the molecule is CCn1c(C(=O)NC(C)CCc2ccc(OC)cc2)nnc1N(C)C. The van der Waals surface area contributed by atoms with Crippen LogP contribution in [0.5, 0.6) is 5.75 Å². The van der Waals surface area contributed by atoms with E-state index in [-0.39, 0.29) is 11.9 Å². The zero-order valence-electron chi connectivity index (χ0n) is 15.6. The molecule has 0 fully saturated rings. The maximum atomic E-state index is 12.5. The highest BCUT2D eigenvalue weighted by molar-refractivity contribution is 5.91. The maximum Gasteiger partial charge on any atom is 0.289 e. The van der Waals surface area contributed by atoms with Crippen LogP contribution in [0, 0.1) is 0 Å². The third kappa shape index (κ3) is 4.71. The number of anilines is 1. The molecule has 2 rings (SSSR count). The Hall–Kier alpha value is -2.57.